The first-order valence-corrected chi connectivity index (χ1v) is 12.5. The van der Waals surface area contributed by atoms with Gasteiger partial charge in [0.05, 0.1) is 18.9 Å². The molecule has 0 amide bonds. The largest absolute Gasteiger partial charge is 0.496 e. The summed E-state index contributed by atoms with van der Waals surface area (Å²) in [4.78, 5) is 10.8. The zero-order valence-corrected chi connectivity index (χ0v) is 21.4. The van der Waals surface area contributed by atoms with E-state index >= 15 is 0 Å². The molecule has 1 aromatic carbocycles. The van der Waals surface area contributed by atoms with Crippen LogP contribution in [0.5, 0.6) is 5.75 Å². The second-order valence-corrected chi connectivity index (χ2v) is 9.45. The average molecular weight is 560 g/mol. The number of methoxy groups -OCH3 is 1. The van der Waals surface area contributed by atoms with Crippen LogP contribution in [-0.4, -0.2) is 52.2 Å². The van der Waals surface area contributed by atoms with Crippen molar-refractivity contribution in [3.8, 4) is 28.1 Å². The lowest BCUT2D eigenvalue weighted by Gasteiger charge is -2.34. The van der Waals surface area contributed by atoms with Crippen molar-refractivity contribution >= 4 is 17.3 Å². The second-order valence-electron chi connectivity index (χ2n) is 9.45. The van der Waals surface area contributed by atoms with E-state index in [4.69, 9.17) is 10.5 Å². The van der Waals surface area contributed by atoms with E-state index in [1.54, 1.807) is 6.07 Å². The van der Waals surface area contributed by atoms with Crippen molar-refractivity contribution in [3.05, 3.63) is 66.6 Å². The third-order valence-corrected chi connectivity index (χ3v) is 6.50. The van der Waals surface area contributed by atoms with Gasteiger partial charge in [-0.25, -0.2) is 18.7 Å². The Bertz CT molecular complexity index is 1510. The molecule has 0 radical (unpaired) electrons. The van der Waals surface area contributed by atoms with Crippen molar-refractivity contribution in [2.75, 3.05) is 30.4 Å². The monoisotopic (exact) mass is 559 g/mol. The number of pyridine rings is 2. The molecule has 1 fully saturated rings. The molecule has 0 unspecified atom stereocenters. The van der Waals surface area contributed by atoms with Gasteiger partial charge >= 0.3 is 6.18 Å². The summed E-state index contributed by atoms with van der Waals surface area (Å²) in [6.45, 7) is 0.0153. The van der Waals surface area contributed by atoms with E-state index in [2.05, 4.69) is 20.4 Å². The Morgan fingerprint density at radius 3 is 2.67 bits per heavy atom. The minimum absolute atomic E-state index is 0.0730. The van der Waals surface area contributed by atoms with Gasteiger partial charge in [-0.1, -0.05) is 6.07 Å². The quantitative estimate of drug-likeness (QED) is 0.288. The predicted octanol–water partition coefficient (Wildman–Crippen LogP) is 5.53. The van der Waals surface area contributed by atoms with Crippen molar-refractivity contribution in [1.82, 2.24) is 19.7 Å². The molecule has 3 aromatic heterocycles. The van der Waals surface area contributed by atoms with E-state index in [9.17, 15) is 22.0 Å². The molecule has 13 heteroatoms. The SMILES string of the molecule is COc1cccc(F)c1-c1nc(Nc2cc(N3CCC[C@H](N)C3)c(-c3cnn(CC(F)(F)F)c3)cn2)ccc1F. The van der Waals surface area contributed by atoms with Crippen LogP contribution < -0.4 is 20.7 Å². The standard InChI is InChI=1S/C27H26F5N7O/c1-40-22-6-2-5-19(28)25(22)26-20(29)7-8-23(37-26)36-24-10-21(38-9-3-4-17(33)14-38)18(12-34-24)16-11-35-39(13-16)15-27(30,31)32/h2,5-8,10-13,17H,3-4,9,14-15,33H2,1H3,(H,34,36,37)/t17-/m0/s1. The van der Waals surface area contributed by atoms with Crippen LogP contribution in [0, 0.1) is 11.6 Å². The third-order valence-electron chi connectivity index (χ3n) is 6.50. The maximum Gasteiger partial charge on any atom is 0.408 e. The number of nitrogens with zero attached hydrogens (tertiary/aromatic N) is 5. The second kappa shape index (κ2) is 11.1. The lowest BCUT2D eigenvalue weighted by atomic mass is 10.0. The van der Waals surface area contributed by atoms with Crippen LogP contribution in [0.1, 0.15) is 12.8 Å². The van der Waals surface area contributed by atoms with Crippen molar-refractivity contribution in [3.63, 3.8) is 0 Å². The molecule has 0 aliphatic carbocycles. The Morgan fingerprint density at radius 1 is 1.10 bits per heavy atom. The number of halogens is 5. The average Bonchev–Trinajstić information content (AvgIpc) is 3.36. The van der Waals surface area contributed by atoms with Gasteiger partial charge in [-0.05, 0) is 37.1 Å². The van der Waals surface area contributed by atoms with E-state index < -0.39 is 24.4 Å². The summed E-state index contributed by atoms with van der Waals surface area (Å²) in [5.41, 5.74) is 7.59. The van der Waals surface area contributed by atoms with Crippen LogP contribution >= 0.6 is 0 Å². The van der Waals surface area contributed by atoms with Gasteiger partial charge in [-0.15, -0.1) is 0 Å². The Labute approximate surface area is 226 Å². The number of benzene rings is 1. The molecule has 8 nitrogen and oxygen atoms in total. The molecule has 4 aromatic rings. The van der Waals surface area contributed by atoms with Crippen LogP contribution in [-0.2, 0) is 6.54 Å². The topological polar surface area (TPSA) is 94.1 Å². The van der Waals surface area contributed by atoms with Gasteiger partial charge in [0.1, 0.15) is 41.3 Å². The molecule has 0 bridgehead atoms. The lowest BCUT2D eigenvalue weighted by Crippen LogP contribution is -2.43. The molecule has 3 N–H and O–H groups in total. The molecular formula is C27H26F5N7O. The number of ether oxygens (including phenoxy) is 1. The van der Waals surface area contributed by atoms with Crippen LogP contribution in [0.15, 0.2) is 55.0 Å². The highest BCUT2D eigenvalue weighted by Crippen LogP contribution is 2.36. The molecule has 40 heavy (non-hydrogen) atoms. The molecular weight excluding hydrogens is 533 g/mol. The number of anilines is 3. The first-order valence-electron chi connectivity index (χ1n) is 12.5. The van der Waals surface area contributed by atoms with Gasteiger partial charge in [0.25, 0.3) is 0 Å². The first kappa shape index (κ1) is 27.3. The highest BCUT2D eigenvalue weighted by Gasteiger charge is 2.29. The molecule has 5 rings (SSSR count). The summed E-state index contributed by atoms with van der Waals surface area (Å²) < 4.78 is 74.1. The van der Waals surface area contributed by atoms with Crippen molar-refractivity contribution in [2.24, 2.45) is 5.73 Å². The molecule has 0 saturated carbocycles. The van der Waals surface area contributed by atoms with E-state index in [1.807, 2.05) is 4.90 Å². The molecule has 1 aliphatic rings. The Balaban J connectivity index is 1.51. The molecule has 4 heterocycles. The summed E-state index contributed by atoms with van der Waals surface area (Å²) in [7, 11) is 1.35. The maximum atomic E-state index is 14.8. The Hall–Kier alpha value is -4.26. The fourth-order valence-electron chi connectivity index (χ4n) is 4.72. The van der Waals surface area contributed by atoms with Gasteiger partial charge in [0.15, 0.2) is 0 Å². The van der Waals surface area contributed by atoms with Crippen LogP contribution in [0.3, 0.4) is 0 Å². The summed E-state index contributed by atoms with van der Waals surface area (Å²) in [5.74, 6) is -0.774. The number of nitrogens with two attached hydrogens (primary N) is 1. The fraction of sp³-hybridized carbons (Fsp3) is 0.296. The minimum Gasteiger partial charge on any atom is -0.496 e. The van der Waals surface area contributed by atoms with Gasteiger partial charge in [-0.3, -0.25) is 4.68 Å². The van der Waals surface area contributed by atoms with Crippen molar-refractivity contribution < 1.29 is 26.7 Å². The number of nitrogens with one attached hydrogen (secondary N) is 1. The predicted molar refractivity (Wildman–Crippen MR) is 140 cm³/mol. The van der Waals surface area contributed by atoms with E-state index in [0.29, 0.717) is 35.7 Å². The number of piperidine rings is 1. The van der Waals surface area contributed by atoms with Gasteiger partial charge in [-0.2, -0.15) is 18.3 Å². The normalized spacial score (nSPS) is 15.8. The van der Waals surface area contributed by atoms with Crippen molar-refractivity contribution in [2.45, 2.75) is 31.6 Å². The van der Waals surface area contributed by atoms with Crippen molar-refractivity contribution in [1.29, 1.82) is 0 Å². The number of rotatable bonds is 7. The molecule has 0 spiro atoms. The number of aromatic nitrogens is 4. The number of hydrogen-bond donors (Lipinski definition) is 2. The fourth-order valence-corrected chi connectivity index (χ4v) is 4.72. The van der Waals surface area contributed by atoms with Crippen LogP contribution in [0.2, 0.25) is 0 Å². The van der Waals surface area contributed by atoms with Gasteiger partial charge in [0.2, 0.25) is 0 Å². The molecule has 1 atom stereocenters. The summed E-state index contributed by atoms with van der Waals surface area (Å²) >= 11 is 0. The Kier molecular flexibility index (Phi) is 7.57. The van der Waals surface area contributed by atoms with Gasteiger partial charge < -0.3 is 20.7 Å². The third kappa shape index (κ3) is 5.98. The highest BCUT2D eigenvalue weighted by molar-refractivity contribution is 5.80. The lowest BCUT2D eigenvalue weighted by molar-refractivity contribution is -0.142. The highest BCUT2D eigenvalue weighted by atomic mass is 19.4. The number of hydrogen-bond acceptors (Lipinski definition) is 7. The maximum absolute atomic E-state index is 14.8. The zero-order valence-electron chi connectivity index (χ0n) is 21.4. The number of alkyl halides is 3. The summed E-state index contributed by atoms with van der Waals surface area (Å²) in [6, 6.07) is 8.34. The molecule has 1 saturated heterocycles. The summed E-state index contributed by atoms with van der Waals surface area (Å²) in [6.07, 6.45) is 1.49. The smallest absolute Gasteiger partial charge is 0.408 e. The minimum atomic E-state index is -4.41. The first-order chi connectivity index (χ1) is 19.1. The summed E-state index contributed by atoms with van der Waals surface area (Å²) in [5, 5.41) is 6.89. The Morgan fingerprint density at radius 2 is 1.93 bits per heavy atom. The van der Waals surface area contributed by atoms with Crippen LogP contribution in [0.25, 0.3) is 22.4 Å². The van der Waals surface area contributed by atoms with Crippen LogP contribution in [0.4, 0.5) is 39.3 Å². The molecule has 210 valence electrons. The van der Waals surface area contributed by atoms with Gasteiger partial charge in [0, 0.05) is 54.4 Å². The zero-order chi connectivity index (χ0) is 28.4. The van der Waals surface area contributed by atoms with E-state index in [-0.39, 0.29) is 28.9 Å². The molecule has 1 aliphatic heterocycles. The van der Waals surface area contributed by atoms with E-state index in [0.717, 1.165) is 23.6 Å². The van der Waals surface area contributed by atoms with E-state index in [1.165, 1.54) is 50.0 Å².